The zero-order valence-corrected chi connectivity index (χ0v) is 16.0. The highest BCUT2D eigenvalue weighted by Gasteiger charge is 2.38. The monoisotopic (exact) mass is 394 g/mol. The Labute approximate surface area is 161 Å². The van der Waals surface area contributed by atoms with Crippen LogP contribution in [0.4, 0.5) is 13.2 Å². The number of carbonyl (C=O) groups excluding carboxylic acids is 1. The summed E-state index contributed by atoms with van der Waals surface area (Å²) < 4.78 is 40.7. The molecule has 3 nitrogen and oxygen atoms in total. The van der Waals surface area contributed by atoms with E-state index in [9.17, 15) is 18.0 Å². The highest BCUT2D eigenvalue weighted by Crippen LogP contribution is 2.34. The van der Waals surface area contributed by atoms with Crippen molar-refractivity contribution in [1.29, 1.82) is 0 Å². The minimum atomic E-state index is -0.502. The Kier molecular flexibility index (Phi) is 6.11. The molecule has 0 aromatic heterocycles. The molecule has 7 heteroatoms. The van der Waals surface area contributed by atoms with E-state index in [1.807, 2.05) is 4.90 Å². The molecule has 1 fully saturated rings. The largest absolute Gasteiger partial charge is 0.347 e. The lowest BCUT2D eigenvalue weighted by molar-refractivity contribution is -0.133. The molecule has 2 aromatic rings. The normalized spacial score (nSPS) is 20.0. The fourth-order valence-corrected chi connectivity index (χ4v) is 4.49. The molecule has 1 aliphatic heterocycles. The van der Waals surface area contributed by atoms with Crippen LogP contribution in [0.2, 0.25) is 0 Å². The van der Waals surface area contributed by atoms with Crippen LogP contribution in [0.3, 0.4) is 0 Å². The zero-order chi connectivity index (χ0) is 19.6. The average Bonchev–Trinajstić information content (AvgIpc) is 3.01. The van der Waals surface area contributed by atoms with Gasteiger partial charge in [0.1, 0.15) is 17.5 Å². The van der Waals surface area contributed by atoms with Crippen LogP contribution in [-0.4, -0.2) is 47.6 Å². The van der Waals surface area contributed by atoms with Crippen molar-refractivity contribution in [2.45, 2.75) is 29.2 Å². The molecule has 1 heterocycles. The van der Waals surface area contributed by atoms with Gasteiger partial charge in [-0.05, 0) is 48.9 Å². The number of likely N-dealkylation sites (N-methyl/N-ethyl adjacent to an activating group) is 1. The lowest BCUT2D eigenvalue weighted by Gasteiger charge is -2.26. The summed E-state index contributed by atoms with van der Waals surface area (Å²) in [4.78, 5) is 16.9. The smallest absolute Gasteiger partial charge is 0.239 e. The Hall–Kier alpha value is -1.99. The third kappa shape index (κ3) is 4.84. The minimum absolute atomic E-state index is 0.0611. The zero-order valence-electron chi connectivity index (χ0n) is 15.2. The number of hydrogen-bond acceptors (Lipinski definition) is 3. The number of hydrogen-bond donors (Lipinski definition) is 0. The van der Waals surface area contributed by atoms with Gasteiger partial charge in [0.2, 0.25) is 5.91 Å². The Morgan fingerprint density at radius 2 is 1.78 bits per heavy atom. The molecule has 2 aromatic carbocycles. The highest BCUT2D eigenvalue weighted by atomic mass is 32.2. The summed E-state index contributed by atoms with van der Waals surface area (Å²) in [6, 6.07) is 9.18. The van der Waals surface area contributed by atoms with Crippen molar-refractivity contribution in [3.8, 4) is 0 Å². The number of nitrogens with zero attached hydrogens (tertiary/aromatic N) is 2. The number of amides is 1. The predicted octanol–water partition coefficient (Wildman–Crippen LogP) is 3.93. The van der Waals surface area contributed by atoms with Crippen LogP contribution in [0.1, 0.15) is 12.0 Å². The topological polar surface area (TPSA) is 23.6 Å². The molecule has 1 amide bonds. The fourth-order valence-electron chi connectivity index (χ4n) is 3.27. The van der Waals surface area contributed by atoms with Gasteiger partial charge in [0.15, 0.2) is 0 Å². The maximum absolute atomic E-state index is 14.1. The van der Waals surface area contributed by atoms with Crippen molar-refractivity contribution in [3.05, 3.63) is 65.5 Å². The van der Waals surface area contributed by atoms with Crippen LogP contribution in [-0.2, 0) is 11.3 Å². The molecule has 1 aliphatic rings. The van der Waals surface area contributed by atoms with Crippen LogP contribution >= 0.6 is 11.8 Å². The van der Waals surface area contributed by atoms with Crippen LogP contribution < -0.4 is 0 Å². The number of rotatable bonds is 5. The van der Waals surface area contributed by atoms with Gasteiger partial charge in [0, 0.05) is 42.9 Å². The summed E-state index contributed by atoms with van der Waals surface area (Å²) in [6.07, 6.45) is 0.593. The van der Waals surface area contributed by atoms with E-state index in [1.54, 1.807) is 38.0 Å². The van der Waals surface area contributed by atoms with E-state index in [1.165, 1.54) is 23.1 Å². The van der Waals surface area contributed by atoms with E-state index in [-0.39, 0.29) is 29.1 Å². The standard InChI is InChI=1S/C20H21F3N2OS/c1-24(2)20(26)19-10-17(27-16-6-3-14(21)4-7-16)12-25(19)11-13-9-15(22)5-8-18(13)23/h3-9,17,19H,10-12H2,1-2H3/t17-,19+/m1/s1. The molecular weight excluding hydrogens is 373 g/mol. The van der Waals surface area contributed by atoms with Gasteiger partial charge in [-0.2, -0.15) is 0 Å². The quantitative estimate of drug-likeness (QED) is 0.768. The van der Waals surface area contributed by atoms with Gasteiger partial charge in [0.25, 0.3) is 0 Å². The second-order valence-electron chi connectivity index (χ2n) is 6.84. The minimum Gasteiger partial charge on any atom is -0.347 e. The lowest BCUT2D eigenvalue weighted by atomic mass is 10.1. The van der Waals surface area contributed by atoms with E-state index in [0.717, 1.165) is 17.0 Å². The molecule has 27 heavy (non-hydrogen) atoms. The summed E-state index contributed by atoms with van der Waals surface area (Å²) in [6.45, 7) is 0.719. The molecule has 0 spiro atoms. The third-order valence-electron chi connectivity index (χ3n) is 4.59. The van der Waals surface area contributed by atoms with Gasteiger partial charge in [-0.1, -0.05) is 0 Å². The highest BCUT2D eigenvalue weighted by molar-refractivity contribution is 8.00. The first-order valence-corrected chi connectivity index (χ1v) is 9.53. The number of halogens is 3. The van der Waals surface area contributed by atoms with Crippen molar-refractivity contribution < 1.29 is 18.0 Å². The molecule has 0 aliphatic carbocycles. The lowest BCUT2D eigenvalue weighted by Crippen LogP contribution is -2.42. The van der Waals surface area contributed by atoms with Gasteiger partial charge < -0.3 is 4.90 Å². The summed E-state index contributed by atoms with van der Waals surface area (Å²) in [5.41, 5.74) is 0.235. The second-order valence-corrected chi connectivity index (χ2v) is 8.22. The summed E-state index contributed by atoms with van der Waals surface area (Å²) in [5.74, 6) is -1.34. The van der Waals surface area contributed by atoms with Crippen molar-refractivity contribution in [2.24, 2.45) is 0 Å². The van der Waals surface area contributed by atoms with E-state index in [2.05, 4.69) is 0 Å². The molecule has 1 saturated heterocycles. The molecule has 3 rings (SSSR count). The van der Waals surface area contributed by atoms with Gasteiger partial charge in [-0.15, -0.1) is 11.8 Å². The molecule has 0 radical (unpaired) electrons. The number of likely N-dealkylation sites (tertiary alicyclic amines) is 1. The first-order chi connectivity index (χ1) is 12.8. The first kappa shape index (κ1) is 19.8. The fraction of sp³-hybridized carbons (Fsp3) is 0.350. The second kappa shape index (κ2) is 8.35. The van der Waals surface area contributed by atoms with Crippen molar-refractivity contribution >= 4 is 17.7 Å². The summed E-state index contributed by atoms with van der Waals surface area (Å²) >= 11 is 1.57. The number of carbonyl (C=O) groups is 1. The Morgan fingerprint density at radius 1 is 1.11 bits per heavy atom. The van der Waals surface area contributed by atoms with E-state index >= 15 is 0 Å². The van der Waals surface area contributed by atoms with Gasteiger partial charge in [0.05, 0.1) is 6.04 Å². The molecule has 2 atom stereocenters. The van der Waals surface area contributed by atoms with Crippen LogP contribution in [0, 0.1) is 17.5 Å². The average molecular weight is 394 g/mol. The van der Waals surface area contributed by atoms with Crippen molar-refractivity contribution in [1.82, 2.24) is 9.80 Å². The predicted molar refractivity (Wildman–Crippen MR) is 99.9 cm³/mol. The van der Waals surface area contributed by atoms with E-state index in [4.69, 9.17) is 0 Å². The Balaban J connectivity index is 1.78. The Morgan fingerprint density at radius 3 is 2.44 bits per heavy atom. The SMILES string of the molecule is CN(C)C(=O)[C@@H]1C[C@@H](Sc2ccc(F)cc2)CN1Cc1cc(F)ccc1F. The van der Waals surface area contributed by atoms with Crippen molar-refractivity contribution in [2.75, 3.05) is 20.6 Å². The summed E-state index contributed by atoms with van der Waals surface area (Å²) in [7, 11) is 3.37. The van der Waals surface area contributed by atoms with E-state index < -0.39 is 17.7 Å². The van der Waals surface area contributed by atoms with Crippen molar-refractivity contribution in [3.63, 3.8) is 0 Å². The maximum Gasteiger partial charge on any atom is 0.239 e. The van der Waals surface area contributed by atoms with Crippen LogP contribution in [0.25, 0.3) is 0 Å². The molecular formula is C20H21F3N2OS. The van der Waals surface area contributed by atoms with Gasteiger partial charge >= 0.3 is 0 Å². The Bertz CT molecular complexity index is 813. The maximum atomic E-state index is 14.1. The molecule has 0 N–H and O–H groups in total. The molecule has 144 valence electrons. The van der Waals surface area contributed by atoms with Crippen LogP contribution in [0.15, 0.2) is 47.4 Å². The molecule has 0 saturated carbocycles. The number of thioether (sulfide) groups is 1. The molecule has 0 unspecified atom stereocenters. The van der Waals surface area contributed by atoms with E-state index in [0.29, 0.717) is 13.0 Å². The first-order valence-electron chi connectivity index (χ1n) is 8.65. The number of benzene rings is 2. The summed E-state index contributed by atoms with van der Waals surface area (Å²) in [5, 5.41) is 0.0981. The van der Waals surface area contributed by atoms with Gasteiger partial charge in [-0.3, -0.25) is 9.69 Å². The molecule has 0 bridgehead atoms. The van der Waals surface area contributed by atoms with Crippen LogP contribution in [0.5, 0.6) is 0 Å². The van der Waals surface area contributed by atoms with Gasteiger partial charge in [-0.25, -0.2) is 13.2 Å². The third-order valence-corrected chi connectivity index (χ3v) is 5.81.